The van der Waals surface area contributed by atoms with E-state index in [0.29, 0.717) is 11.3 Å². The summed E-state index contributed by atoms with van der Waals surface area (Å²) in [5.74, 6) is -0.403. The highest BCUT2D eigenvalue weighted by atomic mass is 19.1. The molecule has 0 spiro atoms. The van der Waals surface area contributed by atoms with Crippen molar-refractivity contribution in [3.05, 3.63) is 29.6 Å². The fourth-order valence-electron chi connectivity index (χ4n) is 2.68. The summed E-state index contributed by atoms with van der Waals surface area (Å²) in [7, 11) is 0. The van der Waals surface area contributed by atoms with Gasteiger partial charge in [0.2, 0.25) is 0 Å². The van der Waals surface area contributed by atoms with E-state index in [2.05, 4.69) is 5.32 Å². The van der Waals surface area contributed by atoms with Gasteiger partial charge in [0.15, 0.2) is 0 Å². The maximum atomic E-state index is 13.9. The molecule has 1 fully saturated rings. The van der Waals surface area contributed by atoms with E-state index in [0.717, 1.165) is 6.42 Å². The van der Waals surface area contributed by atoms with Crippen molar-refractivity contribution < 1.29 is 9.13 Å². The third-order valence-corrected chi connectivity index (χ3v) is 3.50. The second-order valence-electron chi connectivity index (χ2n) is 6.17. The lowest BCUT2D eigenvalue weighted by Gasteiger charge is -2.28. The maximum Gasteiger partial charge on any atom is 0.147 e. The van der Waals surface area contributed by atoms with Crippen LogP contribution < -0.4 is 5.32 Å². The molecular formula is C15H19FN2O. The Morgan fingerprint density at radius 3 is 2.53 bits per heavy atom. The van der Waals surface area contributed by atoms with Crippen molar-refractivity contribution in [1.29, 1.82) is 5.26 Å². The molecule has 1 aromatic rings. The second-order valence-corrected chi connectivity index (χ2v) is 6.17. The zero-order valence-corrected chi connectivity index (χ0v) is 11.7. The second kappa shape index (κ2) is 4.50. The quantitative estimate of drug-likeness (QED) is 0.887. The molecule has 0 saturated carbocycles. The molecule has 102 valence electrons. The highest BCUT2D eigenvalue weighted by Crippen LogP contribution is 2.39. The number of nitrogens with zero attached hydrogens (tertiary/aromatic N) is 1. The fraction of sp³-hybridized carbons (Fsp3) is 0.533. The van der Waals surface area contributed by atoms with E-state index in [1.54, 1.807) is 12.1 Å². The first kappa shape index (κ1) is 13.8. The van der Waals surface area contributed by atoms with Crippen LogP contribution in [-0.4, -0.2) is 17.2 Å². The Balaban J connectivity index is 2.20. The van der Waals surface area contributed by atoms with Gasteiger partial charge in [-0.25, -0.2) is 4.39 Å². The molecule has 4 heteroatoms. The van der Waals surface area contributed by atoms with E-state index in [9.17, 15) is 4.39 Å². The van der Waals surface area contributed by atoms with Gasteiger partial charge in [0, 0.05) is 0 Å². The average molecular weight is 262 g/mol. The van der Waals surface area contributed by atoms with Crippen LogP contribution in [0.3, 0.4) is 0 Å². The molecule has 0 aliphatic carbocycles. The number of hydrogen-bond donors (Lipinski definition) is 1. The molecule has 1 heterocycles. The summed E-state index contributed by atoms with van der Waals surface area (Å²) in [4.78, 5) is 0. The first-order valence-corrected chi connectivity index (χ1v) is 6.40. The van der Waals surface area contributed by atoms with Gasteiger partial charge in [-0.15, -0.1) is 0 Å². The SMILES string of the molecule is CC1(C)CC(Nc2ccc(C#N)cc2F)C(C)(C)O1. The van der Waals surface area contributed by atoms with Gasteiger partial charge in [0.25, 0.3) is 0 Å². The van der Waals surface area contributed by atoms with Crippen molar-refractivity contribution in [2.45, 2.75) is 51.4 Å². The lowest BCUT2D eigenvalue weighted by molar-refractivity contribution is -0.0662. The highest BCUT2D eigenvalue weighted by Gasteiger charge is 2.45. The van der Waals surface area contributed by atoms with Crippen molar-refractivity contribution in [3.63, 3.8) is 0 Å². The van der Waals surface area contributed by atoms with E-state index in [-0.39, 0.29) is 17.2 Å². The van der Waals surface area contributed by atoms with Gasteiger partial charge >= 0.3 is 0 Å². The first-order chi connectivity index (χ1) is 8.73. The van der Waals surface area contributed by atoms with Gasteiger partial charge in [0.05, 0.1) is 34.6 Å². The van der Waals surface area contributed by atoms with Crippen LogP contribution in [0.1, 0.15) is 39.7 Å². The van der Waals surface area contributed by atoms with Crippen LogP contribution in [0.25, 0.3) is 0 Å². The maximum absolute atomic E-state index is 13.9. The molecule has 0 bridgehead atoms. The largest absolute Gasteiger partial charge is 0.377 e. The number of anilines is 1. The number of hydrogen-bond acceptors (Lipinski definition) is 3. The number of benzene rings is 1. The molecular weight excluding hydrogens is 243 g/mol. The molecule has 19 heavy (non-hydrogen) atoms. The Hall–Kier alpha value is -1.60. The van der Waals surface area contributed by atoms with Gasteiger partial charge in [-0.1, -0.05) is 0 Å². The van der Waals surface area contributed by atoms with Gasteiger partial charge in [0.1, 0.15) is 5.82 Å². The molecule has 1 aliphatic rings. The lowest BCUT2D eigenvalue weighted by atomic mass is 9.94. The average Bonchev–Trinajstić information content (AvgIpc) is 2.49. The van der Waals surface area contributed by atoms with Gasteiger partial charge in [-0.05, 0) is 52.3 Å². The summed E-state index contributed by atoms with van der Waals surface area (Å²) in [6.45, 7) is 8.07. The van der Waals surface area contributed by atoms with Gasteiger partial charge in [-0.3, -0.25) is 0 Å². The number of nitriles is 1. The minimum absolute atomic E-state index is 0.0323. The summed E-state index contributed by atoms with van der Waals surface area (Å²) in [6.07, 6.45) is 0.805. The van der Waals surface area contributed by atoms with Crippen molar-refractivity contribution in [3.8, 4) is 6.07 Å². The van der Waals surface area contributed by atoms with Crippen molar-refractivity contribution >= 4 is 5.69 Å². The van der Waals surface area contributed by atoms with Crippen LogP contribution in [0.2, 0.25) is 0 Å². The van der Waals surface area contributed by atoms with Crippen molar-refractivity contribution in [2.24, 2.45) is 0 Å². The molecule has 1 aromatic carbocycles. The molecule has 1 aliphatic heterocycles. The highest BCUT2D eigenvalue weighted by molar-refractivity contribution is 5.50. The molecule has 1 saturated heterocycles. The number of ether oxygens (including phenoxy) is 1. The molecule has 0 amide bonds. The first-order valence-electron chi connectivity index (χ1n) is 6.40. The summed E-state index contributed by atoms with van der Waals surface area (Å²) < 4.78 is 19.8. The van der Waals surface area contributed by atoms with Crippen LogP contribution in [-0.2, 0) is 4.74 Å². The Bertz CT molecular complexity index is 531. The Kier molecular flexibility index (Phi) is 3.27. The molecule has 0 radical (unpaired) electrons. The molecule has 0 aromatic heterocycles. The summed E-state index contributed by atoms with van der Waals surface area (Å²) in [6, 6.07) is 6.42. The predicted octanol–water partition coefficient (Wildman–Crippen LogP) is 3.46. The Labute approximate surface area is 113 Å². The third kappa shape index (κ3) is 2.87. The van der Waals surface area contributed by atoms with E-state index in [4.69, 9.17) is 10.00 Å². The van der Waals surface area contributed by atoms with Crippen molar-refractivity contribution in [1.82, 2.24) is 0 Å². The van der Waals surface area contributed by atoms with Crippen LogP contribution >= 0.6 is 0 Å². The Morgan fingerprint density at radius 1 is 1.37 bits per heavy atom. The fourth-order valence-corrected chi connectivity index (χ4v) is 2.68. The lowest BCUT2D eigenvalue weighted by Crippen LogP contribution is -2.38. The van der Waals surface area contributed by atoms with E-state index in [1.807, 2.05) is 33.8 Å². The molecule has 1 unspecified atom stereocenters. The third-order valence-electron chi connectivity index (χ3n) is 3.50. The number of halogens is 1. The zero-order chi connectivity index (χ0) is 14.3. The normalized spacial score (nSPS) is 23.9. The van der Waals surface area contributed by atoms with Crippen LogP contribution in [0.15, 0.2) is 18.2 Å². The van der Waals surface area contributed by atoms with E-state index in [1.165, 1.54) is 6.07 Å². The summed E-state index contributed by atoms with van der Waals surface area (Å²) in [5.41, 5.74) is 0.164. The number of nitrogens with one attached hydrogen (secondary N) is 1. The molecule has 1 atom stereocenters. The van der Waals surface area contributed by atoms with E-state index >= 15 is 0 Å². The van der Waals surface area contributed by atoms with E-state index < -0.39 is 5.82 Å². The predicted molar refractivity (Wildman–Crippen MR) is 72.4 cm³/mol. The van der Waals surface area contributed by atoms with Gasteiger partial charge < -0.3 is 10.1 Å². The minimum Gasteiger partial charge on any atom is -0.377 e. The van der Waals surface area contributed by atoms with Crippen molar-refractivity contribution in [2.75, 3.05) is 5.32 Å². The van der Waals surface area contributed by atoms with Gasteiger partial charge in [-0.2, -0.15) is 5.26 Å². The van der Waals surface area contributed by atoms with Crippen LogP contribution in [0.4, 0.5) is 10.1 Å². The molecule has 1 N–H and O–H groups in total. The Morgan fingerprint density at radius 2 is 2.05 bits per heavy atom. The summed E-state index contributed by atoms with van der Waals surface area (Å²) >= 11 is 0. The minimum atomic E-state index is -0.403. The standard InChI is InChI=1S/C15H19FN2O/c1-14(2)8-13(15(3,4)19-14)18-12-6-5-10(9-17)7-11(12)16/h5-7,13,18H,8H2,1-4H3. The zero-order valence-electron chi connectivity index (χ0n) is 11.7. The topological polar surface area (TPSA) is 45.0 Å². The molecule has 2 rings (SSSR count). The van der Waals surface area contributed by atoms with Crippen LogP contribution in [0, 0.1) is 17.1 Å². The molecule has 3 nitrogen and oxygen atoms in total. The number of rotatable bonds is 2. The van der Waals surface area contributed by atoms with Crippen LogP contribution in [0.5, 0.6) is 0 Å². The summed E-state index contributed by atoms with van der Waals surface area (Å²) in [5, 5.41) is 11.9. The smallest absolute Gasteiger partial charge is 0.147 e. The monoisotopic (exact) mass is 262 g/mol.